The highest BCUT2D eigenvalue weighted by Crippen LogP contribution is 2.26. The molecule has 0 aliphatic heterocycles. The Morgan fingerprint density at radius 1 is 0.925 bits per heavy atom. The molecule has 0 spiro atoms. The van der Waals surface area contributed by atoms with Crippen LogP contribution in [0.15, 0.2) is 30.3 Å². The van der Waals surface area contributed by atoms with E-state index < -0.39 is 52.3 Å². The number of hydrogen-bond acceptors (Lipinski definition) is 7. The zero-order valence-corrected chi connectivity index (χ0v) is 25.5. The van der Waals surface area contributed by atoms with Crippen LogP contribution in [-0.4, -0.2) is 52.8 Å². The molecule has 1 aromatic carbocycles. The number of nitrogens with one attached hydrogen (secondary N) is 1. The predicted octanol–water partition coefficient (Wildman–Crippen LogP) is 4.17. The second-order valence-electron chi connectivity index (χ2n) is 12.8. The Morgan fingerprint density at radius 2 is 1.52 bits per heavy atom. The van der Waals surface area contributed by atoms with Gasteiger partial charge in [0, 0.05) is 30.7 Å². The average Bonchev–Trinajstić information content (AvgIpc) is 2.81. The van der Waals surface area contributed by atoms with Crippen molar-refractivity contribution >= 4 is 23.4 Å². The summed E-state index contributed by atoms with van der Waals surface area (Å²) in [5, 5.41) is 3.01. The molecule has 0 aliphatic carbocycles. The third-order valence-electron chi connectivity index (χ3n) is 6.26. The van der Waals surface area contributed by atoms with Crippen LogP contribution in [0.25, 0.3) is 0 Å². The highest BCUT2D eigenvalue weighted by atomic mass is 16.6. The van der Waals surface area contributed by atoms with Crippen molar-refractivity contribution in [3.05, 3.63) is 35.9 Å². The van der Waals surface area contributed by atoms with Crippen molar-refractivity contribution in [3.8, 4) is 12.3 Å². The number of benzene rings is 1. The van der Waals surface area contributed by atoms with Crippen molar-refractivity contribution in [1.29, 1.82) is 0 Å². The normalized spacial score (nSPS) is 14.4. The van der Waals surface area contributed by atoms with E-state index in [0.29, 0.717) is 12.8 Å². The summed E-state index contributed by atoms with van der Waals surface area (Å²) in [5.41, 5.74) is 4.77. The van der Waals surface area contributed by atoms with E-state index in [1.165, 1.54) is 0 Å². The fourth-order valence-corrected chi connectivity index (χ4v) is 4.15. The largest absolute Gasteiger partial charge is 0.460 e. The zero-order valence-electron chi connectivity index (χ0n) is 25.5. The molecule has 0 bridgehead atoms. The van der Waals surface area contributed by atoms with Crippen molar-refractivity contribution < 1.29 is 28.7 Å². The van der Waals surface area contributed by atoms with Crippen LogP contribution in [0.2, 0.25) is 0 Å². The molecule has 3 N–H and O–H groups in total. The van der Waals surface area contributed by atoms with E-state index in [1.807, 2.05) is 51.1 Å². The summed E-state index contributed by atoms with van der Waals surface area (Å²) >= 11 is 0. The Morgan fingerprint density at radius 3 is 2.05 bits per heavy atom. The van der Waals surface area contributed by atoms with Gasteiger partial charge in [-0.2, -0.15) is 0 Å². The van der Waals surface area contributed by atoms with E-state index in [0.717, 1.165) is 5.56 Å². The third-order valence-corrected chi connectivity index (χ3v) is 6.26. The smallest absolute Gasteiger partial charge is 0.308 e. The molecule has 0 heterocycles. The number of nitrogens with two attached hydrogens (primary N) is 1. The number of carbonyl (C=O) groups is 4. The van der Waals surface area contributed by atoms with Crippen LogP contribution in [0.4, 0.5) is 0 Å². The van der Waals surface area contributed by atoms with Gasteiger partial charge >= 0.3 is 5.97 Å². The van der Waals surface area contributed by atoms with Crippen molar-refractivity contribution in [3.63, 3.8) is 0 Å². The van der Waals surface area contributed by atoms with E-state index in [2.05, 4.69) is 11.2 Å². The fraction of sp³-hybridized carbons (Fsp3) is 0.625. The van der Waals surface area contributed by atoms with Gasteiger partial charge in [0.2, 0.25) is 5.91 Å². The van der Waals surface area contributed by atoms with E-state index in [4.69, 9.17) is 21.6 Å². The lowest BCUT2D eigenvalue weighted by Gasteiger charge is -2.36. The molecule has 0 aromatic heterocycles. The summed E-state index contributed by atoms with van der Waals surface area (Å²) in [5.74, 6) is -0.450. The third kappa shape index (κ3) is 13.4. The summed E-state index contributed by atoms with van der Waals surface area (Å²) in [6.45, 7) is 14.3. The van der Waals surface area contributed by atoms with Crippen molar-refractivity contribution in [2.24, 2.45) is 17.6 Å². The van der Waals surface area contributed by atoms with Gasteiger partial charge in [-0.25, -0.2) is 0 Å². The average molecular weight is 557 g/mol. The van der Waals surface area contributed by atoms with E-state index in [1.54, 1.807) is 34.6 Å². The first-order valence-corrected chi connectivity index (χ1v) is 13.8. The molecular formula is C32H48N2O6. The molecule has 1 amide bonds. The number of terminal acetylenes is 1. The van der Waals surface area contributed by atoms with Crippen molar-refractivity contribution in [1.82, 2.24) is 5.32 Å². The Labute approximate surface area is 240 Å². The van der Waals surface area contributed by atoms with Gasteiger partial charge in [0.05, 0.1) is 30.6 Å². The maximum absolute atomic E-state index is 13.6. The number of hydrogen-bond donors (Lipinski definition) is 2. The van der Waals surface area contributed by atoms with Gasteiger partial charge in [-0.1, -0.05) is 30.3 Å². The first kappa shape index (κ1) is 35.0. The summed E-state index contributed by atoms with van der Waals surface area (Å²) in [6.07, 6.45) is 5.80. The minimum atomic E-state index is -1.12. The van der Waals surface area contributed by atoms with Crippen LogP contribution < -0.4 is 11.1 Å². The van der Waals surface area contributed by atoms with Crippen molar-refractivity contribution in [2.75, 3.05) is 6.61 Å². The van der Waals surface area contributed by atoms with Crippen LogP contribution in [0.3, 0.4) is 0 Å². The van der Waals surface area contributed by atoms with Gasteiger partial charge in [0.25, 0.3) is 0 Å². The fourth-order valence-electron chi connectivity index (χ4n) is 4.15. The number of Topliss-reactive ketones (excluding diaryl/α,β-unsaturated/α-hetero) is 2. The monoisotopic (exact) mass is 556 g/mol. The molecule has 1 aromatic rings. The minimum Gasteiger partial charge on any atom is -0.460 e. The Bertz CT molecular complexity index is 1040. The Balaban J connectivity index is 3.13. The summed E-state index contributed by atoms with van der Waals surface area (Å²) in [4.78, 5) is 52.1. The number of amides is 1. The molecule has 8 heteroatoms. The molecule has 222 valence electrons. The number of ketones is 2. The molecule has 8 nitrogen and oxygen atoms in total. The molecule has 1 rings (SSSR count). The quantitative estimate of drug-likeness (QED) is 0.245. The summed E-state index contributed by atoms with van der Waals surface area (Å²) in [7, 11) is 0. The highest BCUT2D eigenvalue weighted by molar-refractivity contribution is 5.92. The zero-order chi connectivity index (χ0) is 30.7. The van der Waals surface area contributed by atoms with Crippen LogP contribution >= 0.6 is 0 Å². The molecule has 3 atom stereocenters. The molecular weight excluding hydrogens is 508 g/mol. The molecule has 0 saturated heterocycles. The van der Waals surface area contributed by atoms with Crippen molar-refractivity contribution in [2.45, 2.75) is 110 Å². The Hall–Kier alpha value is -3.02. The van der Waals surface area contributed by atoms with Gasteiger partial charge in [-0.05, 0) is 67.4 Å². The topological polar surface area (TPSA) is 125 Å². The number of carbonyl (C=O) groups excluding carboxylic acids is 4. The maximum atomic E-state index is 13.6. The first-order chi connectivity index (χ1) is 18.3. The molecule has 0 radical (unpaired) electrons. The number of rotatable bonds is 15. The molecule has 40 heavy (non-hydrogen) atoms. The van der Waals surface area contributed by atoms with Crippen LogP contribution in [-0.2, 0) is 35.1 Å². The molecule has 0 unspecified atom stereocenters. The molecule has 0 saturated carbocycles. The predicted molar refractivity (Wildman–Crippen MR) is 156 cm³/mol. The van der Waals surface area contributed by atoms with Gasteiger partial charge in [-0.15, -0.1) is 12.3 Å². The van der Waals surface area contributed by atoms with E-state index in [9.17, 15) is 19.2 Å². The summed E-state index contributed by atoms with van der Waals surface area (Å²) < 4.78 is 11.2. The van der Waals surface area contributed by atoms with Gasteiger partial charge < -0.3 is 20.5 Å². The lowest BCUT2D eigenvalue weighted by molar-refractivity contribution is -0.156. The second kappa shape index (κ2) is 15.1. The second-order valence-corrected chi connectivity index (χ2v) is 12.8. The Kier molecular flexibility index (Phi) is 13.2. The van der Waals surface area contributed by atoms with E-state index in [-0.39, 0.29) is 31.7 Å². The lowest BCUT2D eigenvalue weighted by Crippen LogP contribution is -2.55. The SMILES string of the molecule is C#CCCC(=O)[C@H](Cc1ccccc1)C(C)(C)NC(=O)[C@H](COC(C)(C)C)CC(=O)[C@@H](N)CC(=O)OC(C)(C)C. The first-order valence-electron chi connectivity index (χ1n) is 13.8. The lowest BCUT2D eigenvalue weighted by atomic mass is 9.78. The number of ether oxygens (including phenoxy) is 2. The number of esters is 1. The van der Waals surface area contributed by atoms with Crippen LogP contribution in [0.1, 0.15) is 86.6 Å². The molecule has 0 fully saturated rings. The maximum Gasteiger partial charge on any atom is 0.308 e. The highest BCUT2D eigenvalue weighted by Gasteiger charge is 2.38. The summed E-state index contributed by atoms with van der Waals surface area (Å²) in [6, 6.07) is 8.44. The van der Waals surface area contributed by atoms with Crippen LogP contribution in [0, 0.1) is 24.2 Å². The standard InChI is InChI=1S/C32H48N2O6/c1-10-11-17-26(35)24(18-22-15-13-12-14-16-22)32(8,9)34-29(38)23(21-39-30(2,3)4)19-27(36)25(33)20-28(37)40-31(5,6)7/h1,12-16,23-25H,11,17-21,33H2,2-9H3,(H,34,38)/t23-,24-,25-/m0/s1. The van der Waals surface area contributed by atoms with Crippen LogP contribution in [0.5, 0.6) is 0 Å². The minimum absolute atomic E-state index is 0.0370. The van der Waals surface area contributed by atoms with Gasteiger partial charge in [0.1, 0.15) is 11.4 Å². The van der Waals surface area contributed by atoms with Gasteiger partial charge in [0.15, 0.2) is 5.78 Å². The van der Waals surface area contributed by atoms with Gasteiger partial charge in [-0.3, -0.25) is 19.2 Å². The molecule has 0 aliphatic rings. The van der Waals surface area contributed by atoms with E-state index >= 15 is 0 Å².